The Morgan fingerprint density at radius 2 is 1.62 bits per heavy atom. The molecule has 0 heterocycles. The third kappa shape index (κ3) is 11.0. The SMILES string of the molecule is CSCC[C@H](NC(=O)[C@H](NS(=O)(=O)Cc1ccccc1)C(C)(C)C)C(=O)NCc1ccc(C(=N)OC(N)=O)cc1. The van der Waals surface area contributed by atoms with Gasteiger partial charge in [-0.2, -0.15) is 11.8 Å². The summed E-state index contributed by atoms with van der Waals surface area (Å²) in [4.78, 5) is 37.3. The lowest BCUT2D eigenvalue weighted by atomic mass is 9.86. The molecule has 0 radical (unpaired) electrons. The number of ether oxygens (including phenoxy) is 1. The van der Waals surface area contributed by atoms with Gasteiger partial charge < -0.3 is 21.1 Å². The molecule has 0 aromatic heterocycles. The van der Waals surface area contributed by atoms with Gasteiger partial charge in [-0.3, -0.25) is 15.0 Å². The molecule has 0 fully saturated rings. The highest BCUT2D eigenvalue weighted by atomic mass is 32.2. The highest BCUT2D eigenvalue weighted by molar-refractivity contribution is 7.98. The first kappa shape index (κ1) is 32.8. The van der Waals surface area contributed by atoms with Crippen LogP contribution < -0.4 is 21.1 Å². The Kier molecular flexibility index (Phi) is 12.1. The van der Waals surface area contributed by atoms with Gasteiger partial charge in [-0.05, 0) is 47.1 Å². The molecule has 0 aliphatic rings. The molecule has 2 aromatic rings. The molecule has 0 bridgehead atoms. The molecule has 0 saturated carbocycles. The number of nitrogens with one attached hydrogen (secondary N) is 4. The van der Waals surface area contributed by atoms with Crippen molar-refractivity contribution in [3.05, 3.63) is 71.3 Å². The lowest BCUT2D eigenvalue weighted by Gasteiger charge is -2.31. The topological polar surface area (TPSA) is 181 Å². The first-order chi connectivity index (χ1) is 18.7. The van der Waals surface area contributed by atoms with Crippen LogP contribution in [0, 0.1) is 10.8 Å². The fraction of sp³-hybridized carbons (Fsp3) is 0.407. The minimum absolute atomic E-state index is 0.140. The summed E-state index contributed by atoms with van der Waals surface area (Å²) in [5.74, 6) is -1.10. The third-order valence-corrected chi connectivity index (χ3v) is 7.71. The van der Waals surface area contributed by atoms with Crippen LogP contribution in [0.4, 0.5) is 4.79 Å². The van der Waals surface area contributed by atoms with Crippen LogP contribution in [0.3, 0.4) is 0 Å². The van der Waals surface area contributed by atoms with Crippen molar-refractivity contribution in [2.75, 3.05) is 12.0 Å². The van der Waals surface area contributed by atoms with Crippen molar-refractivity contribution in [3.8, 4) is 0 Å². The number of amides is 3. The molecule has 11 nitrogen and oxygen atoms in total. The number of carbonyl (C=O) groups is 3. The van der Waals surface area contributed by atoms with Gasteiger partial charge in [-0.15, -0.1) is 0 Å². The maximum Gasteiger partial charge on any atom is 0.411 e. The second-order valence-corrected chi connectivity index (χ2v) is 12.9. The zero-order valence-electron chi connectivity index (χ0n) is 23.0. The lowest BCUT2D eigenvalue weighted by Crippen LogP contribution is -2.57. The van der Waals surface area contributed by atoms with Gasteiger partial charge in [0.15, 0.2) is 0 Å². The highest BCUT2D eigenvalue weighted by Gasteiger charge is 2.36. The predicted octanol–water partition coefficient (Wildman–Crippen LogP) is 2.50. The largest absolute Gasteiger partial charge is 0.411 e. The molecule has 13 heteroatoms. The quantitative estimate of drug-likeness (QED) is 0.175. The summed E-state index contributed by atoms with van der Waals surface area (Å²) in [5.41, 5.74) is 5.78. The average Bonchev–Trinajstić information content (AvgIpc) is 2.87. The van der Waals surface area contributed by atoms with E-state index in [1.165, 1.54) is 11.8 Å². The fourth-order valence-electron chi connectivity index (χ4n) is 3.64. The summed E-state index contributed by atoms with van der Waals surface area (Å²) in [5, 5.41) is 13.2. The Hall–Kier alpha value is -3.42. The van der Waals surface area contributed by atoms with Gasteiger partial charge in [0.25, 0.3) is 0 Å². The van der Waals surface area contributed by atoms with E-state index in [1.807, 2.05) is 6.26 Å². The zero-order valence-corrected chi connectivity index (χ0v) is 24.7. The maximum atomic E-state index is 13.4. The Bertz CT molecular complexity index is 1280. The highest BCUT2D eigenvalue weighted by Crippen LogP contribution is 2.21. The van der Waals surface area contributed by atoms with Gasteiger partial charge in [-0.1, -0.05) is 63.2 Å². The molecule has 40 heavy (non-hydrogen) atoms. The summed E-state index contributed by atoms with van der Waals surface area (Å²) < 4.78 is 32.9. The normalized spacial score (nSPS) is 13.1. The van der Waals surface area contributed by atoms with Crippen molar-refractivity contribution in [1.82, 2.24) is 15.4 Å². The molecule has 3 amide bonds. The molecule has 0 spiro atoms. The summed E-state index contributed by atoms with van der Waals surface area (Å²) in [6.45, 7) is 5.38. The van der Waals surface area contributed by atoms with E-state index in [9.17, 15) is 22.8 Å². The minimum Gasteiger partial charge on any atom is -0.391 e. The van der Waals surface area contributed by atoms with Crippen molar-refractivity contribution in [2.24, 2.45) is 11.1 Å². The molecule has 0 aliphatic heterocycles. The average molecular weight is 592 g/mol. The van der Waals surface area contributed by atoms with E-state index >= 15 is 0 Å². The monoisotopic (exact) mass is 591 g/mol. The molecule has 2 rings (SSSR count). The second-order valence-electron chi connectivity index (χ2n) is 10.2. The number of hydrogen-bond donors (Lipinski definition) is 5. The van der Waals surface area contributed by atoms with Gasteiger partial charge >= 0.3 is 6.09 Å². The minimum atomic E-state index is -3.86. The maximum absolute atomic E-state index is 13.4. The number of rotatable bonds is 13. The molecule has 0 unspecified atom stereocenters. The van der Waals surface area contributed by atoms with E-state index in [4.69, 9.17) is 11.1 Å². The molecule has 2 atom stereocenters. The Morgan fingerprint density at radius 1 is 1.00 bits per heavy atom. The van der Waals surface area contributed by atoms with Gasteiger partial charge in [0, 0.05) is 12.1 Å². The number of primary amides is 1. The van der Waals surface area contributed by atoms with Crippen molar-refractivity contribution in [2.45, 2.75) is 51.6 Å². The molecule has 218 valence electrons. The Morgan fingerprint density at radius 3 is 2.17 bits per heavy atom. The van der Waals surface area contributed by atoms with E-state index in [-0.39, 0.29) is 12.3 Å². The van der Waals surface area contributed by atoms with Crippen LogP contribution >= 0.6 is 11.8 Å². The molecular formula is C27H37N5O6S2. The van der Waals surface area contributed by atoms with Gasteiger partial charge in [0.1, 0.15) is 12.1 Å². The standard InChI is InChI=1S/C27H37N5O6S2/c1-27(2,3)22(32-40(36,37)17-19-8-6-5-7-9-19)25(34)31-21(14-15-39-4)24(33)30-16-18-10-12-20(13-11-18)23(28)38-26(29)35/h5-13,21-22,28,32H,14-17H2,1-4H3,(H2,29,35)(H,30,33)(H,31,34)/t21-,22-/m0/s1. The molecule has 0 aliphatic carbocycles. The molecular weight excluding hydrogens is 554 g/mol. The number of hydrogen-bond acceptors (Lipinski definition) is 8. The zero-order chi connectivity index (χ0) is 29.9. The van der Waals surface area contributed by atoms with E-state index in [2.05, 4.69) is 20.1 Å². The van der Waals surface area contributed by atoms with Crippen LogP contribution in [-0.4, -0.2) is 56.3 Å². The van der Waals surface area contributed by atoms with E-state index < -0.39 is 51.3 Å². The fourth-order valence-corrected chi connectivity index (χ4v) is 5.65. The third-order valence-electron chi connectivity index (χ3n) is 5.75. The number of carbonyl (C=O) groups excluding carboxylic acids is 3. The number of sulfonamides is 1. The van der Waals surface area contributed by atoms with E-state index in [0.29, 0.717) is 28.9 Å². The second kappa shape index (κ2) is 14.8. The summed E-state index contributed by atoms with van der Waals surface area (Å²) >= 11 is 1.51. The van der Waals surface area contributed by atoms with Gasteiger partial charge in [0.05, 0.1) is 5.75 Å². The van der Waals surface area contributed by atoms with Crippen LogP contribution in [0.1, 0.15) is 43.9 Å². The first-order valence-corrected chi connectivity index (χ1v) is 15.5. The van der Waals surface area contributed by atoms with Gasteiger partial charge in [0.2, 0.25) is 27.7 Å². The van der Waals surface area contributed by atoms with Crippen LogP contribution in [-0.2, 0) is 36.6 Å². The van der Waals surface area contributed by atoms with Crippen LogP contribution in [0.25, 0.3) is 0 Å². The molecule has 6 N–H and O–H groups in total. The van der Waals surface area contributed by atoms with Crippen molar-refractivity contribution in [1.29, 1.82) is 5.41 Å². The molecule has 0 saturated heterocycles. The Balaban J connectivity index is 2.09. The lowest BCUT2D eigenvalue weighted by molar-refractivity contribution is -0.131. The van der Waals surface area contributed by atoms with Gasteiger partial charge in [-0.25, -0.2) is 17.9 Å². The number of nitrogens with two attached hydrogens (primary N) is 1. The smallest absolute Gasteiger partial charge is 0.391 e. The van der Waals surface area contributed by atoms with E-state index in [1.54, 1.807) is 75.4 Å². The number of benzene rings is 2. The molecule has 2 aromatic carbocycles. The first-order valence-electron chi connectivity index (χ1n) is 12.5. The van der Waals surface area contributed by atoms with Crippen LogP contribution in [0.5, 0.6) is 0 Å². The summed E-state index contributed by atoms with van der Waals surface area (Å²) in [7, 11) is -3.86. The van der Waals surface area contributed by atoms with Crippen LogP contribution in [0.2, 0.25) is 0 Å². The number of thioether (sulfide) groups is 1. The Labute approximate surface area is 239 Å². The van der Waals surface area contributed by atoms with E-state index in [0.717, 1.165) is 0 Å². The van der Waals surface area contributed by atoms with Crippen LogP contribution in [0.15, 0.2) is 54.6 Å². The van der Waals surface area contributed by atoms with Crippen molar-refractivity contribution in [3.63, 3.8) is 0 Å². The summed E-state index contributed by atoms with van der Waals surface area (Å²) in [6.07, 6.45) is 1.14. The predicted molar refractivity (Wildman–Crippen MR) is 156 cm³/mol. The summed E-state index contributed by atoms with van der Waals surface area (Å²) in [6, 6.07) is 13.1. The van der Waals surface area contributed by atoms with Crippen molar-refractivity contribution >= 4 is 45.6 Å². The van der Waals surface area contributed by atoms with Crippen molar-refractivity contribution < 1.29 is 27.5 Å².